The molecule has 0 aromatic heterocycles. The number of thioether (sulfide) groups is 1. The predicted molar refractivity (Wildman–Crippen MR) is 135 cm³/mol. The summed E-state index contributed by atoms with van der Waals surface area (Å²) in [5, 5.41) is 19.7. The molecule has 1 rings (SSSR count). The number of hydrogen-bond donors (Lipinski definition) is 5. The first kappa shape index (κ1) is 30.0. The second-order valence-electron chi connectivity index (χ2n) is 8.63. The summed E-state index contributed by atoms with van der Waals surface area (Å²) >= 11 is 1.53. The number of amides is 4. The summed E-state index contributed by atoms with van der Waals surface area (Å²) < 4.78 is 0. The van der Waals surface area contributed by atoms with E-state index in [9.17, 15) is 29.1 Å². The number of hydrogen-bond acceptors (Lipinski definition) is 6. The lowest BCUT2D eigenvalue weighted by Gasteiger charge is -2.25. The molecule has 1 aromatic rings. The molecule has 0 aliphatic rings. The van der Waals surface area contributed by atoms with Crippen LogP contribution in [-0.2, 0) is 30.4 Å². The second-order valence-corrected chi connectivity index (χ2v) is 9.61. The zero-order valence-electron chi connectivity index (χ0n) is 20.6. The zero-order chi connectivity index (χ0) is 26.4. The maximum absolute atomic E-state index is 12.9. The molecule has 0 radical (unpaired) electrons. The topological polar surface area (TPSA) is 154 Å². The first-order valence-electron chi connectivity index (χ1n) is 11.5. The summed E-state index contributed by atoms with van der Waals surface area (Å²) in [4.78, 5) is 60.8. The van der Waals surface area contributed by atoms with Gasteiger partial charge in [-0.05, 0) is 43.3 Å². The van der Waals surface area contributed by atoms with Crippen molar-refractivity contribution in [2.24, 2.45) is 5.92 Å². The Hall–Kier alpha value is -3.08. The fraction of sp³-hybridized carbons (Fsp3) is 0.542. The highest BCUT2D eigenvalue weighted by atomic mass is 32.2. The first-order valence-corrected chi connectivity index (χ1v) is 12.8. The van der Waals surface area contributed by atoms with Crippen molar-refractivity contribution in [2.75, 3.05) is 12.0 Å². The van der Waals surface area contributed by atoms with Gasteiger partial charge in [-0.15, -0.1) is 0 Å². The summed E-state index contributed by atoms with van der Waals surface area (Å²) in [5.74, 6) is -2.20. The third-order valence-electron chi connectivity index (χ3n) is 5.19. The Morgan fingerprint density at radius 3 is 2.06 bits per heavy atom. The molecular formula is C24H36N4O6S. The largest absolute Gasteiger partial charge is 0.480 e. The highest BCUT2D eigenvalue weighted by Gasteiger charge is 2.29. The van der Waals surface area contributed by atoms with Gasteiger partial charge < -0.3 is 26.4 Å². The van der Waals surface area contributed by atoms with Crippen LogP contribution in [0.15, 0.2) is 30.3 Å². The molecule has 0 aliphatic carbocycles. The quantitative estimate of drug-likeness (QED) is 0.206. The SMILES string of the molecule is CSCC[C@H](NC=O)C(=O)N[C@@H](CC(C)C)C(=O)N[C@@H](C)C(=O)N[C@@H](Cc1ccccc1)C(=O)O. The molecule has 10 nitrogen and oxygen atoms in total. The van der Waals surface area contributed by atoms with Gasteiger partial charge in [-0.3, -0.25) is 19.2 Å². The first-order chi connectivity index (χ1) is 16.6. The standard InChI is InChI=1S/C24H36N4O6S/c1-15(2)12-19(27-22(31)18(25-14-29)10-11-35-4)23(32)26-16(3)21(30)28-20(24(33)34)13-17-8-6-5-7-9-17/h5-9,14-16,18-20H,10-13H2,1-4H3,(H,25,29)(H,26,32)(H,27,31)(H,28,30)(H,33,34)/t16-,18-,19-,20-/m0/s1. The summed E-state index contributed by atoms with van der Waals surface area (Å²) in [7, 11) is 0. The molecule has 0 spiro atoms. The van der Waals surface area contributed by atoms with Crippen LogP contribution in [0, 0.1) is 5.92 Å². The van der Waals surface area contributed by atoms with Gasteiger partial charge in [0.1, 0.15) is 24.2 Å². The van der Waals surface area contributed by atoms with E-state index in [0.717, 1.165) is 5.56 Å². The predicted octanol–water partition coefficient (Wildman–Crippen LogP) is 0.702. The lowest BCUT2D eigenvalue weighted by Crippen LogP contribution is -2.57. The monoisotopic (exact) mass is 508 g/mol. The van der Waals surface area contributed by atoms with Crippen molar-refractivity contribution in [2.45, 2.75) is 64.2 Å². The maximum atomic E-state index is 12.9. The van der Waals surface area contributed by atoms with Gasteiger partial charge in [-0.2, -0.15) is 11.8 Å². The Morgan fingerprint density at radius 2 is 1.51 bits per heavy atom. The molecule has 0 aliphatic heterocycles. The molecule has 4 amide bonds. The Bertz CT molecular complexity index is 852. The Kier molecular flexibility index (Phi) is 13.5. The molecule has 1 aromatic carbocycles. The lowest BCUT2D eigenvalue weighted by molar-refractivity contribution is -0.142. The van der Waals surface area contributed by atoms with E-state index in [4.69, 9.17) is 0 Å². The number of aliphatic carboxylic acids is 1. The summed E-state index contributed by atoms with van der Waals surface area (Å²) in [6.07, 6.45) is 3.14. The highest BCUT2D eigenvalue weighted by molar-refractivity contribution is 7.98. The Morgan fingerprint density at radius 1 is 0.914 bits per heavy atom. The van der Waals surface area contributed by atoms with Gasteiger partial charge in [0.25, 0.3) is 0 Å². The smallest absolute Gasteiger partial charge is 0.326 e. The molecular weight excluding hydrogens is 472 g/mol. The van der Waals surface area contributed by atoms with E-state index in [1.807, 2.05) is 26.2 Å². The van der Waals surface area contributed by atoms with Gasteiger partial charge in [-0.25, -0.2) is 4.79 Å². The minimum atomic E-state index is -1.19. The van der Waals surface area contributed by atoms with Crippen molar-refractivity contribution in [1.29, 1.82) is 0 Å². The van der Waals surface area contributed by atoms with E-state index in [-0.39, 0.29) is 12.3 Å². The third-order valence-corrected chi connectivity index (χ3v) is 5.83. The molecule has 0 saturated carbocycles. The van der Waals surface area contributed by atoms with Crippen molar-refractivity contribution in [1.82, 2.24) is 21.3 Å². The van der Waals surface area contributed by atoms with Crippen LogP contribution in [-0.4, -0.2) is 71.4 Å². The molecule has 0 heterocycles. The zero-order valence-corrected chi connectivity index (χ0v) is 21.4. The van der Waals surface area contributed by atoms with Gasteiger partial charge >= 0.3 is 5.97 Å². The number of nitrogens with one attached hydrogen (secondary N) is 4. The molecule has 5 N–H and O–H groups in total. The van der Waals surface area contributed by atoms with E-state index in [1.165, 1.54) is 18.7 Å². The maximum Gasteiger partial charge on any atom is 0.326 e. The van der Waals surface area contributed by atoms with Crippen LogP contribution in [0.4, 0.5) is 0 Å². The minimum Gasteiger partial charge on any atom is -0.480 e. The number of rotatable bonds is 16. The molecule has 0 unspecified atom stereocenters. The van der Waals surface area contributed by atoms with Crippen LogP contribution in [0.1, 0.15) is 39.2 Å². The summed E-state index contributed by atoms with van der Waals surface area (Å²) in [6, 6.07) is 4.98. The van der Waals surface area contributed by atoms with Crippen molar-refractivity contribution in [3.63, 3.8) is 0 Å². The molecule has 35 heavy (non-hydrogen) atoms. The van der Waals surface area contributed by atoms with Gasteiger partial charge in [0, 0.05) is 6.42 Å². The normalized spacial score (nSPS) is 14.2. The van der Waals surface area contributed by atoms with Crippen molar-refractivity contribution < 1.29 is 29.1 Å². The van der Waals surface area contributed by atoms with Crippen LogP contribution >= 0.6 is 11.8 Å². The van der Waals surface area contributed by atoms with Crippen LogP contribution in [0.2, 0.25) is 0 Å². The van der Waals surface area contributed by atoms with E-state index < -0.39 is 47.9 Å². The van der Waals surface area contributed by atoms with Gasteiger partial charge in [0.05, 0.1) is 0 Å². The van der Waals surface area contributed by atoms with E-state index in [2.05, 4.69) is 21.3 Å². The molecule has 194 valence electrons. The Balaban J connectivity index is 2.82. The lowest BCUT2D eigenvalue weighted by atomic mass is 10.0. The number of carboxylic acid groups (broad SMARTS) is 1. The molecule has 0 saturated heterocycles. The summed E-state index contributed by atoms with van der Waals surface area (Å²) in [6.45, 7) is 5.22. The Labute approximate surface area is 210 Å². The number of carbonyl (C=O) groups excluding carboxylic acids is 4. The fourth-order valence-corrected chi connectivity index (χ4v) is 3.78. The number of benzene rings is 1. The van der Waals surface area contributed by atoms with Gasteiger partial charge in [0.2, 0.25) is 24.1 Å². The average molecular weight is 509 g/mol. The number of carbonyl (C=O) groups is 5. The molecule has 4 atom stereocenters. The van der Waals surface area contributed by atoms with Gasteiger partial charge in [0.15, 0.2) is 0 Å². The molecule has 11 heteroatoms. The number of carboxylic acids is 1. The van der Waals surface area contributed by atoms with E-state index >= 15 is 0 Å². The van der Waals surface area contributed by atoms with Crippen LogP contribution in [0.3, 0.4) is 0 Å². The minimum absolute atomic E-state index is 0.0566. The second kappa shape index (κ2) is 15.8. The van der Waals surface area contributed by atoms with Crippen molar-refractivity contribution >= 4 is 41.9 Å². The fourth-order valence-electron chi connectivity index (χ4n) is 3.31. The van der Waals surface area contributed by atoms with Crippen LogP contribution < -0.4 is 21.3 Å². The van der Waals surface area contributed by atoms with Crippen molar-refractivity contribution in [3.05, 3.63) is 35.9 Å². The van der Waals surface area contributed by atoms with Gasteiger partial charge in [-0.1, -0.05) is 44.2 Å². The van der Waals surface area contributed by atoms with Crippen LogP contribution in [0.25, 0.3) is 0 Å². The third kappa shape index (κ3) is 11.3. The van der Waals surface area contributed by atoms with E-state index in [0.29, 0.717) is 25.0 Å². The summed E-state index contributed by atoms with van der Waals surface area (Å²) in [5.41, 5.74) is 0.747. The van der Waals surface area contributed by atoms with Crippen molar-refractivity contribution in [3.8, 4) is 0 Å². The highest BCUT2D eigenvalue weighted by Crippen LogP contribution is 2.08. The molecule has 0 fully saturated rings. The molecule has 0 bridgehead atoms. The van der Waals surface area contributed by atoms with Crippen LogP contribution in [0.5, 0.6) is 0 Å². The van der Waals surface area contributed by atoms with E-state index in [1.54, 1.807) is 24.3 Å². The average Bonchev–Trinajstić information content (AvgIpc) is 2.80.